The molecule has 108 valence electrons. The van der Waals surface area contributed by atoms with E-state index in [0.717, 1.165) is 24.3 Å². The number of hydrogen-bond acceptors (Lipinski definition) is 2. The predicted octanol–water partition coefficient (Wildman–Crippen LogP) is 3.05. The third-order valence-corrected chi connectivity index (χ3v) is 3.70. The Labute approximate surface area is 117 Å². The summed E-state index contributed by atoms with van der Waals surface area (Å²) in [5, 5.41) is 3.41. The van der Waals surface area contributed by atoms with Crippen LogP contribution in [-0.2, 0) is 4.79 Å². The summed E-state index contributed by atoms with van der Waals surface area (Å²) >= 11 is 0. The monoisotopic (exact) mass is 280 g/mol. The summed E-state index contributed by atoms with van der Waals surface area (Å²) in [6.07, 6.45) is 2.51. The smallest absolute Gasteiger partial charge is 0.264 e. The van der Waals surface area contributed by atoms with Gasteiger partial charge in [0.1, 0.15) is 0 Å². The highest BCUT2D eigenvalue weighted by molar-refractivity contribution is 5.94. The molecule has 1 aliphatic heterocycles. The van der Waals surface area contributed by atoms with Crippen molar-refractivity contribution in [1.29, 1.82) is 0 Å². The Morgan fingerprint density at radius 3 is 2.60 bits per heavy atom. The zero-order valence-corrected chi connectivity index (χ0v) is 11.9. The second-order valence-corrected chi connectivity index (χ2v) is 4.94. The Bertz CT molecular complexity index is 557. The molecular weight excluding hydrogens is 262 g/mol. The van der Waals surface area contributed by atoms with Crippen molar-refractivity contribution in [3.63, 3.8) is 0 Å². The molecule has 0 saturated carbocycles. The normalized spacial score (nSPS) is 20.6. The van der Waals surface area contributed by atoms with E-state index in [4.69, 9.17) is 0 Å². The van der Waals surface area contributed by atoms with Crippen molar-refractivity contribution in [2.24, 2.45) is 0 Å². The van der Waals surface area contributed by atoms with Crippen LogP contribution in [0.15, 0.2) is 29.8 Å². The molecular formula is C15H18F2N2O. The summed E-state index contributed by atoms with van der Waals surface area (Å²) in [5.41, 5.74) is 1.32. The summed E-state index contributed by atoms with van der Waals surface area (Å²) in [6.45, 7) is 4.36. The molecule has 0 N–H and O–H groups in total. The SMILES string of the molecule is C/C=C1\CCN(C)N(C(C)c2ccc(F)c(F)c2)C1=O. The molecule has 1 aliphatic rings. The molecule has 1 aromatic carbocycles. The molecule has 2 rings (SSSR count). The van der Waals surface area contributed by atoms with Gasteiger partial charge in [0.15, 0.2) is 11.6 Å². The minimum Gasteiger partial charge on any atom is -0.268 e. The van der Waals surface area contributed by atoms with E-state index >= 15 is 0 Å². The number of hydrogen-bond donors (Lipinski definition) is 0. The van der Waals surface area contributed by atoms with Crippen LogP contribution in [0.1, 0.15) is 31.9 Å². The molecule has 1 amide bonds. The number of carbonyl (C=O) groups is 1. The number of halogens is 2. The second-order valence-electron chi connectivity index (χ2n) is 4.94. The first-order chi connectivity index (χ1) is 9.45. The van der Waals surface area contributed by atoms with Gasteiger partial charge in [-0.15, -0.1) is 0 Å². The van der Waals surface area contributed by atoms with Crippen molar-refractivity contribution >= 4 is 5.91 Å². The number of carbonyl (C=O) groups excluding carboxylic acids is 1. The first-order valence-corrected chi connectivity index (χ1v) is 6.60. The van der Waals surface area contributed by atoms with Gasteiger partial charge < -0.3 is 0 Å². The lowest BCUT2D eigenvalue weighted by Gasteiger charge is -2.41. The van der Waals surface area contributed by atoms with E-state index in [-0.39, 0.29) is 11.9 Å². The van der Waals surface area contributed by atoms with E-state index < -0.39 is 11.6 Å². The molecule has 1 saturated heterocycles. The Balaban J connectivity index is 2.32. The van der Waals surface area contributed by atoms with Gasteiger partial charge in [0.05, 0.1) is 6.04 Å². The molecule has 0 radical (unpaired) electrons. The van der Waals surface area contributed by atoms with Crippen LogP contribution < -0.4 is 0 Å². The van der Waals surface area contributed by atoms with Crippen LogP contribution >= 0.6 is 0 Å². The largest absolute Gasteiger partial charge is 0.268 e. The Morgan fingerprint density at radius 1 is 1.30 bits per heavy atom. The lowest BCUT2D eigenvalue weighted by molar-refractivity contribution is -0.151. The van der Waals surface area contributed by atoms with Gasteiger partial charge in [0.25, 0.3) is 5.91 Å². The third-order valence-electron chi connectivity index (χ3n) is 3.70. The van der Waals surface area contributed by atoms with Gasteiger partial charge in [0.2, 0.25) is 0 Å². The summed E-state index contributed by atoms with van der Waals surface area (Å²) in [7, 11) is 1.82. The summed E-state index contributed by atoms with van der Waals surface area (Å²) < 4.78 is 26.3. The number of nitrogens with zero attached hydrogens (tertiary/aromatic N) is 2. The lowest BCUT2D eigenvalue weighted by Crippen LogP contribution is -2.50. The van der Waals surface area contributed by atoms with Crippen LogP contribution in [-0.4, -0.2) is 29.5 Å². The third kappa shape index (κ3) is 2.58. The molecule has 1 aromatic rings. The number of amides is 1. The van der Waals surface area contributed by atoms with E-state index in [1.54, 1.807) is 18.0 Å². The van der Waals surface area contributed by atoms with E-state index in [9.17, 15) is 13.6 Å². The topological polar surface area (TPSA) is 23.6 Å². The molecule has 1 atom stereocenters. The second kappa shape index (κ2) is 5.71. The molecule has 0 bridgehead atoms. The molecule has 0 aromatic heterocycles. The maximum absolute atomic E-state index is 13.3. The maximum Gasteiger partial charge on any atom is 0.264 e. The maximum atomic E-state index is 13.3. The van der Waals surface area contributed by atoms with Crippen molar-refractivity contribution in [3.05, 3.63) is 47.0 Å². The molecule has 0 aliphatic carbocycles. The standard InChI is InChI=1S/C15H18F2N2O/c1-4-11-7-8-18(3)19(15(11)20)10(2)12-5-6-13(16)14(17)9-12/h4-6,9-10H,7-8H2,1-3H3/b11-4+. The van der Waals surface area contributed by atoms with Crippen LogP contribution in [0, 0.1) is 11.6 Å². The van der Waals surface area contributed by atoms with Gasteiger partial charge >= 0.3 is 0 Å². The fraction of sp³-hybridized carbons (Fsp3) is 0.400. The highest BCUT2D eigenvalue weighted by atomic mass is 19.2. The fourth-order valence-electron chi connectivity index (χ4n) is 2.45. The van der Waals surface area contributed by atoms with Crippen molar-refractivity contribution < 1.29 is 13.6 Å². The van der Waals surface area contributed by atoms with Gasteiger partial charge in [-0.2, -0.15) is 0 Å². The van der Waals surface area contributed by atoms with E-state index in [1.165, 1.54) is 6.07 Å². The van der Waals surface area contributed by atoms with Gasteiger partial charge in [0, 0.05) is 19.2 Å². The Kier molecular flexibility index (Phi) is 4.18. The van der Waals surface area contributed by atoms with E-state index in [2.05, 4.69) is 0 Å². The quantitative estimate of drug-likeness (QED) is 0.777. The molecule has 20 heavy (non-hydrogen) atoms. The highest BCUT2D eigenvalue weighted by Crippen LogP contribution is 2.28. The van der Waals surface area contributed by atoms with Gasteiger partial charge in [-0.1, -0.05) is 12.1 Å². The molecule has 3 nitrogen and oxygen atoms in total. The van der Waals surface area contributed by atoms with Crippen molar-refractivity contribution in [2.75, 3.05) is 13.6 Å². The summed E-state index contributed by atoms with van der Waals surface area (Å²) in [6, 6.07) is 3.39. The van der Waals surface area contributed by atoms with Gasteiger partial charge in [-0.3, -0.25) is 9.80 Å². The van der Waals surface area contributed by atoms with E-state index in [1.807, 2.05) is 19.0 Å². The van der Waals surface area contributed by atoms with Gasteiger partial charge in [-0.25, -0.2) is 13.8 Å². The first kappa shape index (κ1) is 14.7. The number of rotatable bonds is 2. The van der Waals surface area contributed by atoms with Crippen LogP contribution in [0.3, 0.4) is 0 Å². The average Bonchev–Trinajstić information content (AvgIpc) is 2.42. The summed E-state index contributed by atoms with van der Waals surface area (Å²) in [5.74, 6) is -1.86. The minimum absolute atomic E-state index is 0.0847. The number of allylic oxidation sites excluding steroid dienone is 1. The lowest BCUT2D eigenvalue weighted by atomic mass is 10.0. The highest BCUT2D eigenvalue weighted by Gasteiger charge is 2.31. The zero-order valence-electron chi connectivity index (χ0n) is 11.9. The molecule has 5 heteroatoms. The Morgan fingerprint density at radius 2 is 2.00 bits per heavy atom. The molecule has 0 spiro atoms. The zero-order chi connectivity index (χ0) is 14.9. The Hall–Kier alpha value is -1.75. The molecule has 1 unspecified atom stereocenters. The fourth-order valence-corrected chi connectivity index (χ4v) is 2.45. The average molecular weight is 280 g/mol. The van der Waals surface area contributed by atoms with Crippen LogP contribution in [0.4, 0.5) is 8.78 Å². The van der Waals surface area contributed by atoms with Crippen molar-refractivity contribution in [3.8, 4) is 0 Å². The van der Waals surface area contributed by atoms with Crippen LogP contribution in [0.25, 0.3) is 0 Å². The minimum atomic E-state index is -0.896. The number of benzene rings is 1. The van der Waals surface area contributed by atoms with Crippen molar-refractivity contribution in [1.82, 2.24) is 10.0 Å². The van der Waals surface area contributed by atoms with Gasteiger partial charge in [-0.05, 0) is 38.0 Å². The summed E-state index contributed by atoms with van der Waals surface area (Å²) in [4.78, 5) is 12.4. The van der Waals surface area contributed by atoms with Crippen LogP contribution in [0.5, 0.6) is 0 Å². The molecule has 1 heterocycles. The molecule has 1 fully saturated rings. The first-order valence-electron chi connectivity index (χ1n) is 6.60. The van der Waals surface area contributed by atoms with Crippen molar-refractivity contribution in [2.45, 2.75) is 26.3 Å². The predicted molar refractivity (Wildman–Crippen MR) is 72.6 cm³/mol. The van der Waals surface area contributed by atoms with E-state index in [0.29, 0.717) is 12.0 Å². The number of hydrazine groups is 1. The van der Waals surface area contributed by atoms with Crippen LogP contribution in [0.2, 0.25) is 0 Å².